The van der Waals surface area contributed by atoms with Crippen molar-refractivity contribution < 1.29 is 22.7 Å². The molecule has 0 fully saturated rings. The number of hydrogen-bond acceptors (Lipinski definition) is 2. The summed E-state index contributed by atoms with van der Waals surface area (Å²) in [6.45, 7) is 1.60. The molecular weight excluding hydrogens is 235 g/mol. The molecule has 1 N–H and O–H groups in total. The number of benzene rings is 1. The molecule has 17 heavy (non-hydrogen) atoms. The number of alkyl halides is 3. The summed E-state index contributed by atoms with van der Waals surface area (Å²) in [5, 5.41) is 1.58. The normalized spacial score (nSPS) is 12.4. The van der Waals surface area contributed by atoms with E-state index in [2.05, 4.69) is 0 Å². The molecule has 1 aromatic carbocycles. The molecule has 0 aliphatic carbocycles. The third kappa shape index (κ3) is 3.12. The molecule has 1 amide bonds. The Labute approximate surface area is 96.6 Å². The maximum absolute atomic E-state index is 12.7. The van der Waals surface area contributed by atoms with E-state index in [9.17, 15) is 18.0 Å². The minimum absolute atomic E-state index is 0.0540. The lowest BCUT2D eigenvalue weighted by atomic mass is 10.1. The highest BCUT2D eigenvalue weighted by atomic mass is 19.3. The van der Waals surface area contributed by atoms with Crippen LogP contribution in [0.5, 0.6) is 5.75 Å². The summed E-state index contributed by atoms with van der Waals surface area (Å²) in [7, 11) is 1.34. The van der Waals surface area contributed by atoms with Crippen LogP contribution in [0.25, 0.3) is 0 Å². The summed E-state index contributed by atoms with van der Waals surface area (Å²) < 4.78 is 41.6. The Hall–Kier alpha value is -1.72. The van der Waals surface area contributed by atoms with Gasteiger partial charge in [-0.2, -0.15) is 0 Å². The third-order valence-corrected chi connectivity index (χ3v) is 2.17. The second-order valence-corrected chi connectivity index (χ2v) is 3.36. The topological polar surface area (TPSA) is 38.3 Å². The van der Waals surface area contributed by atoms with Gasteiger partial charge in [0.25, 0.3) is 12.3 Å². The van der Waals surface area contributed by atoms with Gasteiger partial charge in [-0.1, -0.05) is 12.1 Å². The van der Waals surface area contributed by atoms with E-state index in [1.54, 1.807) is 24.4 Å². The van der Waals surface area contributed by atoms with Crippen molar-refractivity contribution in [3.05, 3.63) is 29.3 Å². The number of aryl methyl sites for hydroxylation is 1. The lowest BCUT2D eigenvalue weighted by molar-refractivity contribution is 0.0285. The van der Waals surface area contributed by atoms with Crippen molar-refractivity contribution in [1.29, 1.82) is 0 Å². The first-order valence-corrected chi connectivity index (χ1v) is 4.84. The molecule has 1 aromatic rings. The van der Waals surface area contributed by atoms with Crippen LogP contribution in [0.1, 0.15) is 15.9 Å². The van der Waals surface area contributed by atoms with E-state index < -0.39 is 18.6 Å². The Kier molecular flexibility index (Phi) is 4.37. The van der Waals surface area contributed by atoms with E-state index >= 15 is 0 Å². The van der Waals surface area contributed by atoms with Crippen LogP contribution in [-0.4, -0.2) is 25.7 Å². The van der Waals surface area contributed by atoms with E-state index in [4.69, 9.17) is 4.74 Å². The van der Waals surface area contributed by atoms with Crippen LogP contribution in [0.15, 0.2) is 18.2 Å². The van der Waals surface area contributed by atoms with Gasteiger partial charge in [-0.25, -0.2) is 13.2 Å². The van der Waals surface area contributed by atoms with Gasteiger partial charge in [0.05, 0.1) is 12.7 Å². The van der Waals surface area contributed by atoms with Crippen LogP contribution >= 0.6 is 0 Å². The number of ether oxygens (including phenoxy) is 1. The molecule has 0 aromatic heterocycles. The summed E-state index contributed by atoms with van der Waals surface area (Å²) in [6, 6.07) is 4.75. The lowest BCUT2D eigenvalue weighted by Crippen LogP contribution is -2.37. The summed E-state index contributed by atoms with van der Waals surface area (Å²) in [4.78, 5) is 11.6. The number of rotatable bonds is 4. The van der Waals surface area contributed by atoms with Crippen molar-refractivity contribution in [2.75, 3.05) is 7.11 Å². The van der Waals surface area contributed by atoms with Crippen molar-refractivity contribution in [2.24, 2.45) is 0 Å². The fourth-order valence-electron chi connectivity index (χ4n) is 1.36. The first-order valence-electron chi connectivity index (χ1n) is 4.84. The average Bonchev–Trinajstić information content (AvgIpc) is 2.27. The molecular formula is C11H12F3NO2. The second kappa shape index (κ2) is 5.56. The number of methoxy groups -OCH3 is 1. The number of amides is 1. The Morgan fingerprint density at radius 2 is 2.00 bits per heavy atom. The number of carbonyl (C=O) groups excluding carboxylic acids is 1. The molecule has 0 bridgehead atoms. The number of nitrogens with one attached hydrogen (secondary N) is 1. The Balaban J connectivity index is 2.96. The van der Waals surface area contributed by atoms with Crippen LogP contribution in [0.2, 0.25) is 0 Å². The average molecular weight is 247 g/mol. The number of carbonyl (C=O) groups is 1. The van der Waals surface area contributed by atoms with Gasteiger partial charge >= 0.3 is 0 Å². The van der Waals surface area contributed by atoms with Gasteiger partial charge in [0, 0.05) is 0 Å². The smallest absolute Gasteiger partial charge is 0.287 e. The molecule has 3 nitrogen and oxygen atoms in total. The fraction of sp³-hybridized carbons (Fsp3) is 0.364. The van der Waals surface area contributed by atoms with Gasteiger partial charge in [0.15, 0.2) is 0 Å². The predicted molar refractivity (Wildman–Crippen MR) is 56.1 cm³/mol. The molecule has 1 rings (SSSR count). The van der Waals surface area contributed by atoms with E-state index in [1.165, 1.54) is 13.2 Å². The zero-order chi connectivity index (χ0) is 13.0. The van der Waals surface area contributed by atoms with Crippen molar-refractivity contribution >= 4 is 5.91 Å². The molecule has 6 heteroatoms. The summed E-state index contributed by atoms with van der Waals surface area (Å²) in [5.74, 6) is -0.711. The Morgan fingerprint density at radius 3 is 2.53 bits per heavy atom. The van der Waals surface area contributed by atoms with Gasteiger partial charge in [-0.05, 0) is 18.6 Å². The molecule has 1 atom stereocenters. The van der Waals surface area contributed by atoms with Crippen LogP contribution in [0.3, 0.4) is 0 Å². The molecule has 1 unspecified atom stereocenters. The van der Waals surface area contributed by atoms with Gasteiger partial charge < -0.3 is 10.1 Å². The van der Waals surface area contributed by atoms with Crippen LogP contribution in [0.4, 0.5) is 13.2 Å². The molecule has 0 spiro atoms. The standard InChI is InChI=1S/C11H12F3NO2/c1-6-4-3-5-7(17-2)8(6)11(16)15-10(14)9(12)13/h3-5,9-10H,1-2H3,(H,15,16). The molecule has 0 aliphatic rings. The first-order chi connectivity index (χ1) is 7.97. The van der Waals surface area contributed by atoms with Crippen molar-refractivity contribution in [2.45, 2.75) is 19.6 Å². The monoisotopic (exact) mass is 247 g/mol. The molecule has 0 aliphatic heterocycles. The van der Waals surface area contributed by atoms with Gasteiger partial charge in [-0.3, -0.25) is 4.79 Å². The lowest BCUT2D eigenvalue weighted by Gasteiger charge is -2.13. The minimum Gasteiger partial charge on any atom is -0.496 e. The van der Waals surface area contributed by atoms with E-state index in [0.717, 1.165) is 0 Å². The number of hydrogen-bond donors (Lipinski definition) is 1. The summed E-state index contributed by atoms with van der Waals surface area (Å²) >= 11 is 0. The van der Waals surface area contributed by atoms with Gasteiger partial charge in [-0.15, -0.1) is 0 Å². The van der Waals surface area contributed by atoms with E-state index in [1.807, 2.05) is 0 Å². The van der Waals surface area contributed by atoms with Crippen LogP contribution < -0.4 is 10.1 Å². The zero-order valence-electron chi connectivity index (χ0n) is 9.34. The Morgan fingerprint density at radius 1 is 1.35 bits per heavy atom. The molecule has 0 saturated heterocycles. The minimum atomic E-state index is -3.26. The van der Waals surface area contributed by atoms with Crippen molar-refractivity contribution in [3.63, 3.8) is 0 Å². The molecule has 0 radical (unpaired) electrons. The molecule has 0 saturated carbocycles. The Bertz CT molecular complexity index is 410. The highest BCUT2D eigenvalue weighted by Gasteiger charge is 2.24. The van der Waals surface area contributed by atoms with Crippen LogP contribution in [-0.2, 0) is 0 Å². The van der Waals surface area contributed by atoms with Crippen LogP contribution in [0, 0.1) is 6.92 Å². The van der Waals surface area contributed by atoms with Crippen molar-refractivity contribution in [3.8, 4) is 5.75 Å². The SMILES string of the molecule is COc1cccc(C)c1C(=O)NC(F)C(F)F. The van der Waals surface area contributed by atoms with E-state index in [0.29, 0.717) is 5.56 Å². The summed E-state index contributed by atoms with van der Waals surface area (Å²) in [5.41, 5.74) is 0.571. The fourth-order valence-corrected chi connectivity index (χ4v) is 1.36. The highest BCUT2D eigenvalue weighted by Crippen LogP contribution is 2.21. The molecule has 0 heterocycles. The zero-order valence-corrected chi connectivity index (χ0v) is 9.34. The predicted octanol–water partition coefficient (Wildman–Crippen LogP) is 2.29. The van der Waals surface area contributed by atoms with E-state index in [-0.39, 0.29) is 11.3 Å². The highest BCUT2D eigenvalue weighted by molar-refractivity contribution is 5.98. The third-order valence-electron chi connectivity index (χ3n) is 2.17. The van der Waals surface area contributed by atoms with Crippen molar-refractivity contribution in [1.82, 2.24) is 5.32 Å². The largest absolute Gasteiger partial charge is 0.496 e. The molecule has 94 valence electrons. The van der Waals surface area contributed by atoms with Gasteiger partial charge in [0.1, 0.15) is 5.75 Å². The van der Waals surface area contributed by atoms with Gasteiger partial charge in [0.2, 0.25) is 6.30 Å². The summed E-state index contributed by atoms with van der Waals surface area (Å²) in [6.07, 6.45) is -5.94. The second-order valence-electron chi connectivity index (χ2n) is 3.36. The maximum atomic E-state index is 12.7. The quantitative estimate of drug-likeness (QED) is 0.829. The first kappa shape index (κ1) is 13.3. The maximum Gasteiger partial charge on any atom is 0.287 e. The number of halogens is 3.